The molecule has 0 aliphatic rings. The maximum atomic E-state index is 12.0. The molecular weight excluding hydrogens is 313 g/mol. The van der Waals surface area contributed by atoms with Crippen molar-refractivity contribution in [3.63, 3.8) is 0 Å². The fourth-order valence-electron chi connectivity index (χ4n) is 2.32. The highest BCUT2D eigenvalue weighted by Gasteiger charge is 2.19. The lowest BCUT2D eigenvalue weighted by molar-refractivity contribution is 0.0991. The average molecular weight is 330 g/mol. The molecule has 2 aromatic heterocycles. The van der Waals surface area contributed by atoms with Crippen LogP contribution >= 0.6 is 34.5 Å². The van der Waals surface area contributed by atoms with E-state index in [1.807, 2.05) is 32.0 Å². The monoisotopic (exact) mass is 329 g/mol. The first kappa shape index (κ1) is 15.6. The quantitative estimate of drug-likeness (QED) is 0.566. The Kier molecular flexibility index (Phi) is 4.95. The van der Waals surface area contributed by atoms with Gasteiger partial charge in [-0.1, -0.05) is 11.6 Å². The van der Waals surface area contributed by atoms with E-state index in [4.69, 9.17) is 23.2 Å². The van der Waals surface area contributed by atoms with Crippen molar-refractivity contribution >= 4 is 40.3 Å². The molecule has 0 aromatic carbocycles. The van der Waals surface area contributed by atoms with Gasteiger partial charge < -0.3 is 4.57 Å². The van der Waals surface area contributed by atoms with Gasteiger partial charge in [0, 0.05) is 28.4 Å². The minimum atomic E-state index is -0.486. The van der Waals surface area contributed by atoms with Crippen molar-refractivity contribution in [3.05, 3.63) is 44.4 Å². The van der Waals surface area contributed by atoms with Crippen LogP contribution in [0.25, 0.3) is 0 Å². The van der Waals surface area contributed by atoms with Crippen LogP contribution in [0.15, 0.2) is 18.2 Å². The van der Waals surface area contributed by atoms with Gasteiger partial charge in [-0.3, -0.25) is 4.79 Å². The molecule has 2 nitrogen and oxygen atoms in total. The summed E-state index contributed by atoms with van der Waals surface area (Å²) >= 11 is 13.4. The summed E-state index contributed by atoms with van der Waals surface area (Å²) in [4.78, 5) is 13.3. The van der Waals surface area contributed by atoms with Crippen LogP contribution < -0.4 is 0 Å². The molecule has 2 heterocycles. The summed E-state index contributed by atoms with van der Waals surface area (Å²) in [7, 11) is 0. The molecule has 5 heteroatoms. The number of ketones is 1. The van der Waals surface area contributed by atoms with Crippen LogP contribution in [0.2, 0.25) is 4.34 Å². The van der Waals surface area contributed by atoms with Crippen LogP contribution in [0, 0.1) is 13.8 Å². The Bertz CT molecular complexity index is 628. The number of aryl methyl sites for hydroxylation is 2. The van der Waals surface area contributed by atoms with Crippen molar-refractivity contribution in [2.75, 3.05) is 0 Å². The van der Waals surface area contributed by atoms with Crippen LogP contribution in [-0.4, -0.2) is 15.7 Å². The minimum absolute atomic E-state index is 0.00909. The normalized spacial score (nSPS) is 12.7. The number of carbonyl (C=O) groups excluding carboxylic acids is 1. The van der Waals surface area contributed by atoms with Crippen LogP contribution in [0.4, 0.5) is 0 Å². The lowest BCUT2D eigenvalue weighted by atomic mass is 10.1. The van der Waals surface area contributed by atoms with E-state index in [-0.39, 0.29) is 5.78 Å². The van der Waals surface area contributed by atoms with Crippen molar-refractivity contribution in [1.82, 2.24) is 4.57 Å². The Morgan fingerprint density at radius 3 is 2.65 bits per heavy atom. The summed E-state index contributed by atoms with van der Waals surface area (Å²) in [5.74, 6) is -0.00909. The third-order valence-corrected chi connectivity index (χ3v) is 4.90. The minimum Gasteiger partial charge on any atom is -0.348 e. The smallest absolute Gasteiger partial charge is 0.182 e. The van der Waals surface area contributed by atoms with Crippen LogP contribution in [0.3, 0.4) is 0 Å². The number of rotatable bonds is 5. The van der Waals surface area contributed by atoms with Gasteiger partial charge in [-0.2, -0.15) is 0 Å². The van der Waals surface area contributed by atoms with Crippen LogP contribution in [0.1, 0.15) is 33.5 Å². The van der Waals surface area contributed by atoms with Crippen molar-refractivity contribution in [3.8, 4) is 0 Å². The van der Waals surface area contributed by atoms with Crippen molar-refractivity contribution in [1.29, 1.82) is 0 Å². The molecule has 0 radical (unpaired) electrons. The molecule has 1 unspecified atom stereocenters. The van der Waals surface area contributed by atoms with Gasteiger partial charge in [0.25, 0.3) is 0 Å². The Labute approximate surface area is 133 Å². The number of thiophene rings is 1. The number of alkyl halides is 1. The second-order valence-corrected chi connectivity index (χ2v) is 7.33. The zero-order valence-electron chi connectivity index (χ0n) is 11.7. The standard InChI is InChI=1S/C15H17Cl2NOS/c1-9-8-13(15(19)10(2)16)11(3)18(9)7-6-12-4-5-14(17)20-12/h4-5,8,10H,6-7H2,1-3H3. The van der Waals surface area contributed by atoms with E-state index in [2.05, 4.69) is 4.57 Å². The molecule has 20 heavy (non-hydrogen) atoms. The van der Waals surface area contributed by atoms with Gasteiger partial charge >= 0.3 is 0 Å². The Hall–Kier alpha value is -0.770. The number of Topliss-reactive ketones (excluding diaryl/α,β-unsaturated/α-hetero) is 1. The van der Waals surface area contributed by atoms with E-state index in [1.54, 1.807) is 18.3 Å². The fourth-order valence-corrected chi connectivity index (χ4v) is 3.51. The lowest BCUT2D eigenvalue weighted by Gasteiger charge is -2.09. The molecule has 2 rings (SSSR count). The summed E-state index contributed by atoms with van der Waals surface area (Å²) in [6.07, 6.45) is 0.914. The maximum Gasteiger partial charge on any atom is 0.182 e. The van der Waals surface area contributed by atoms with Crippen LogP contribution in [-0.2, 0) is 13.0 Å². The highest BCUT2D eigenvalue weighted by molar-refractivity contribution is 7.16. The van der Waals surface area contributed by atoms with Crippen molar-refractivity contribution in [2.45, 2.75) is 39.1 Å². The summed E-state index contributed by atoms with van der Waals surface area (Å²) in [6, 6.07) is 5.90. The van der Waals surface area contributed by atoms with E-state index in [0.29, 0.717) is 0 Å². The topological polar surface area (TPSA) is 22.0 Å². The van der Waals surface area contributed by atoms with Gasteiger partial charge in [0.05, 0.1) is 9.71 Å². The largest absolute Gasteiger partial charge is 0.348 e. The Balaban J connectivity index is 2.18. The van der Waals surface area contributed by atoms with Gasteiger partial charge in [0.15, 0.2) is 5.78 Å². The molecule has 0 aliphatic heterocycles. The molecule has 0 amide bonds. The predicted octanol–water partition coefficient (Wildman–Crippen LogP) is 4.87. The summed E-state index contributed by atoms with van der Waals surface area (Å²) in [5, 5.41) is -0.486. The van der Waals surface area contributed by atoms with E-state index in [1.165, 1.54) is 4.88 Å². The van der Waals surface area contributed by atoms with Gasteiger partial charge in [-0.05, 0) is 45.4 Å². The van der Waals surface area contributed by atoms with E-state index in [0.717, 1.165) is 34.3 Å². The predicted molar refractivity (Wildman–Crippen MR) is 86.6 cm³/mol. The summed E-state index contributed by atoms with van der Waals surface area (Å²) < 4.78 is 2.98. The number of carbonyl (C=O) groups is 1. The molecule has 0 bridgehead atoms. The molecule has 0 saturated carbocycles. The van der Waals surface area contributed by atoms with E-state index in [9.17, 15) is 4.79 Å². The van der Waals surface area contributed by atoms with Gasteiger partial charge in [0.2, 0.25) is 0 Å². The molecule has 1 atom stereocenters. The Morgan fingerprint density at radius 1 is 1.40 bits per heavy atom. The molecule has 0 aliphatic carbocycles. The average Bonchev–Trinajstić information content (AvgIpc) is 2.91. The lowest BCUT2D eigenvalue weighted by Crippen LogP contribution is -2.12. The summed E-state index contributed by atoms with van der Waals surface area (Å²) in [5.41, 5.74) is 2.81. The highest BCUT2D eigenvalue weighted by atomic mass is 35.5. The Morgan fingerprint density at radius 2 is 2.10 bits per heavy atom. The van der Waals surface area contributed by atoms with Gasteiger partial charge in [-0.15, -0.1) is 22.9 Å². The number of aromatic nitrogens is 1. The van der Waals surface area contributed by atoms with Gasteiger partial charge in [-0.25, -0.2) is 0 Å². The van der Waals surface area contributed by atoms with E-state index >= 15 is 0 Å². The first-order valence-corrected chi connectivity index (χ1v) is 8.12. The second kappa shape index (κ2) is 6.33. The zero-order chi connectivity index (χ0) is 14.9. The third-order valence-electron chi connectivity index (χ3n) is 3.41. The number of hydrogen-bond donors (Lipinski definition) is 0. The molecular formula is C15H17Cl2NOS. The van der Waals surface area contributed by atoms with Crippen molar-refractivity contribution in [2.24, 2.45) is 0 Å². The van der Waals surface area contributed by atoms with Crippen LogP contribution in [0.5, 0.6) is 0 Å². The number of hydrogen-bond acceptors (Lipinski definition) is 2. The molecule has 108 valence electrons. The SMILES string of the molecule is Cc1cc(C(=O)C(C)Cl)c(C)n1CCc1ccc(Cl)s1. The second-order valence-electron chi connectivity index (χ2n) is 4.87. The molecule has 0 N–H and O–H groups in total. The maximum absolute atomic E-state index is 12.0. The highest BCUT2D eigenvalue weighted by Crippen LogP contribution is 2.24. The van der Waals surface area contributed by atoms with Gasteiger partial charge in [0.1, 0.15) is 0 Å². The summed E-state index contributed by atoms with van der Waals surface area (Å²) in [6.45, 7) is 6.55. The van der Waals surface area contributed by atoms with E-state index < -0.39 is 5.38 Å². The van der Waals surface area contributed by atoms with Crippen molar-refractivity contribution < 1.29 is 4.79 Å². The first-order valence-electron chi connectivity index (χ1n) is 6.49. The molecule has 0 fully saturated rings. The molecule has 0 saturated heterocycles. The zero-order valence-corrected chi connectivity index (χ0v) is 14.1. The molecule has 0 spiro atoms. The number of nitrogens with zero attached hydrogens (tertiary/aromatic N) is 1. The molecule has 2 aromatic rings. The third kappa shape index (κ3) is 3.27. The number of halogens is 2. The fraction of sp³-hybridized carbons (Fsp3) is 0.400. The first-order chi connectivity index (χ1) is 9.40.